The van der Waals surface area contributed by atoms with E-state index in [2.05, 4.69) is 16.5 Å². The van der Waals surface area contributed by atoms with Crippen LogP contribution < -0.4 is 0 Å². The van der Waals surface area contributed by atoms with E-state index in [0.717, 1.165) is 18.4 Å². The van der Waals surface area contributed by atoms with Crippen molar-refractivity contribution in [3.63, 3.8) is 0 Å². The number of hydrogen-bond acceptors (Lipinski definition) is 3. The summed E-state index contributed by atoms with van der Waals surface area (Å²) in [6.07, 6.45) is 2.12. The highest BCUT2D eigenvalue weighted by atomic mass is 32.2. The number of carboxylic acid groups (broad SMARTS) is 1. The summed E-state index contributed by atoms with van der Waals surface area (Å²) in [5.74, 6) is -0.551. The second-order valence-electron chi connectivity index (χ2n) is 5.31. The number of aromatic nitrogens is 2. The summed E-state index contributed by atoms with van der Waals surface area (Å²) in [7, 11) is 0. The van der Waals surface area contributed by atoms with Gasteiger partial charge in [0.2, 0.25) is 0 Å². The minimum Gasteiger partial charge on any atom is -0.481 e. The predicted molar refractivity (Wildman–Crippen MR) is 75.5 cm³/mol. The normalized spacial score (nSPS) is 21.9. The van der Waals surface area contributed by atoms with Gasteiger partial charge in [-0.15, -0.1) is 0 Å². The lowest BCUT2D eigenvalue weighted by Crippen LogP contribution is -2.25. The van der Waals surface area contributed by atoms with Crippen LogP contribution in [0.15, 0.2) is 23.4 Å². The Morgan fingerprint density at radius 2 is 2.30 bits per heavy atom. The molecule has 0 saturated heterocycles. The van der Waals surface area contributed by atoms with Gasteiger partial charge in [-0.25, -0.2) is 9.37 Å². The first-order chi connectivity index (χ1) is 9.54. The topological polar surface area (TPSA) is 55.1 Å². The molecule has 0 radical (unpaired) electrons. The van der Waals surface area contributed by atoms with Crippen LogP contribution in [0.3, 0.4) is 0 Å². The van der Waals surface area contributed by atoms with Crippen molar-refractivity contribution in [2.24, 2.45) is 5.92 Å². The quantitative estimate of drug-likeness (QED) is 0.879. The second kappa shape index (κ2) is 5.09. The van der Waals surface area contributed by atoms with Gasteiger partial charge >= 0.3 is 5.97 Å². The highest BCUT2D eigenvalue weighted by molar-refractivity contribution is 7.99. The van der Waals surface area contributed by atoms with Gasteiger partial charge < -0.3 is 9.67 Å². The summed E-state index contributed by atoms with van der Waals surface area (Å²) in [5.41, 5.74) is 1.48. The van der Waals surface area contributed by atoms with E-state index >= 15 is 0 Å². The van der Waals surface area contributed by atoms with Crippen LogP contribution in [0.25, 0.3) is 11.0 Å². The minimum atomic E-state index is -0.873. The maximum atomic E-state index is 13.3. The molecule has 1 saturated carbocycles. The van der Waals surface area contributed by atoms with E-state index in [0.29, 0.717) is 22.6 Å². The summed E-state index contributed by atoms with van der Waals surface area (Å²) in [4.78, 5) is 15.1. The number of rotatable bonds is 4. The summed E-state index contributed by atoms with van der Waals surface area (Å²) < 4.78 is 15.4. The Kier molecular flexibility index (Phi) is 3.41. The largest absolute Gasteiger partial charge is 0.481 e. The third kappa shape index (κ3) is 2.40. The van der Waals surface area contributed by atoms with Gasteiger partial charge in [0.1, 0.15) is 5.82 Å². The lowest BCUT2D eigenvalue weighted by Gasteiger charge is -2.35. The van der Waals surface area contributed by atoms with Crippen LogP contribution in [0.5, 0.6) is 0 Å². The molecular weight excluding hydrogens is 279 g/mol. The molecule has 6 heteroatoms. The van der Waals surface area contributed by atoms with E-state index in [1.54, 1.807) is 6.07 Å². The third-order valence-electron chi connectivity index (χ3n) is 3.66. The van der Waals surface area contributed by atoms with Gasteiger partial charge in [0.25, 0.3) is 0 Å². The standard InChI is InChI=1S/C14H15FN2O2S/c1-8-4-10(5-8)17-12-3-2-9(15)6-11(12)16-14(17)20-7-13(18)19/h2-3,6,8,10H,4-5,7H2,1H3,(H,18,19). The van der Waals surface area contributed by atoms with Crippen LogP contribution in [-0.2, 0) is 4.79 Å². The molecule has 1 heterocycles. The van der Waals surface area contributed by atoms with Crippen molar-refractivity contribution in [1.29, 1.82) is 0 Å². The van der Waals surface area contributed by atoms with Crippen molar-refractivity contribution in [3.8, 4) is 0 Å². The zero-order valence-corrected chi connectivity index (χ0v) is 11.9. The van der Waals surface area contributed by atoms with Crippen LogP contribution in [0.4, 0.5) is 4.39 Å². The average Bonchev–Trinajstić information content (AvgIpc) is 2.69. The molecule has 1 aromatic heterocycles. The van der Waals surface area contributed by atoms with Crippen LogP contribution in [0.1, 0.15) is 25.8 Å². The Hall–Kier alpha value is -1.56. The van der Waals surface area contributed by atoms with Crippen LogP contribution in [0.2, 0.25) is 0 Å². The van der Waals surface area contributed by atoms with Crippen molar-refractivity contribution >= 4 is 28.8 Å². The van der Waals surface area contributed by atoms with Crippen molar-refractivity contribution in [3.05, 3.63) is 24.0 Å². The number of hydrogen-bond donors (Lipinski definition) is 1. The highest BCUT2D eigenvalue weighted by Gasteiger charge is 2.30. The summed E-state index contributed by atoms with van der Waals surface area (Å²) in [6.45, 7) is 2.19. The zero-order chi connectivity index (χ0) is 14.3. The molecule has 4 nitrogen and oxygen atoms in total. The number of halogens is 1. The molecule has 1 aromatic carbocycles. The Morgan fingerprint density at radius 3 is 2.95 bits per heavy atom. The highest BCUT2D eigenvalue weighted by Crippen LogP contribution is 2.41. The molecule has 2 aromatic rings. The number of benzene rings is 1. The smallest absolute Gasteiger partial charge is 0.313 e. The fraction of sp³-hybridized carbons (Fsp3) is 0.429. The molecule has 0 aliphatic heterocycles. The van der Waals surface area contributed by atoms with Gasteiger partial charge in [-0.05, 0) is 30.9 Å². The average molecular weight is 294 g/mol. The van der Waals surface area contributed by atoms with Crippen molar-refractivity contribution in [1.82, 2.24) is 9.55 Å². The second-order valence-corrected chi connectivity index (χ2v) is 6.25. The molecule has 3 rings (SSSR count). The molecule has 1 aliphatic rings. The number of fused-ring (bicyclic) bond motifs is 1. The van der Waals surface area contributed by atoms with Crippen molar-refractivity contribution in [2.45, 2.75) is 31.0 Å². The Bertz CT molecular complexity index is 664. The van der Waals surface area contributed by atoms with Gasteiger partial charge in [0.05, 0.1) is 16.8 Å². The minimum absolute atomic E-state index is 0.0337. The number of thioether (sulfide) groups is 1. The fourth-order valence-electron chi connectivity index (χ4n) is 2.70. The Morgan fingerprint density at radius 1 is 1.55 bits per heavy atom. The number of nitrogens with zero attached hydrogens (tertiary/aromatic N) is 2. The molecule has 1 fully saturated rings. The molecule has 0 bridgehead atoms. The predicted octanol–water partition coefficient (Wildman–Crippen LogP) is 3.32. The van der Waals surface area contributed by atoms with Gasteiger partial charge in [-0.3, -0.25) is 4.79 Å². The van der Waals surface area contributed by atoms with Crippen molar-refractivity contribution in [2.75, 3.05) is 5.75 Å². The molecule has 0 spiro atoms. The van der Waals surface area contributed by atoms with Crippen LogP contribution in [-0.4, -0.2) is 26.4 Å². The van der Waals surface area contributed by atoms with E-state index in [1.807, 2.05) is 0 Å². The van der Waals surface area contributed by atoms with E-state index in [4.69, 9.17) is 5.11 Å². The molecule has 106 valence electrons. The Labute approximate surface area is 120 Å². The summed E-state index contributed by atoms with van der Waals surface area (Å²) in [6, 6.07) is 4.90. The van der Waals surface area contributed by atoms with E-state index in [-0.39, 0.29) is 11.6 Å². The zero-order valence-electron chi connectivity index (χ0n) is 11.0. The number of imidazole rings is 1. The van der Waals surface area contributed by atoms with E-state index < -0.39 is 5.97 Å². The molecule has 0 unspecified atom stereocenters. The first-order valence-electron chi connectivity index (χ1n) is 6.56. The first kappa shape index (κ1) is 13.4. The fourth-order valence-corrected chi connectivity index (χ4v) is 3.50. The van der Waals surface area contributed by atoms with Gasteiger partial charge in [-0.1, -0.05) is 18.7 Å². The molecular formula is C14H15FN2O2S. The molecule has 1 aliphatic carbocycles. The maximum absolute atomic E-state index is 13.3. The molecule has 0 atom stereocenters. The van der Waals surface area contributed by atoms with E-state index in [9.17, 15) is 9.18 Å². The van der Waals surface area contributed by atoms with Gasteiger partial charge in [-0.2, -0.15) is 0 Å². The Balaban J connectivity index is 2.02. The summed E-state index contributed by atoms with van der Waals surface area (Å²) >= 11 is 1.20. The SMILES string of the molecule is CC1CC(n2c(SCC(=O)O)nc3cc(F)ccc32)C1. The first-order valence-corrected chi connectivity index (χ1v) is 7.55. The molecule has 0 amide bonds. The third-order valence-corrected chi connectivity index (χ3v) is 4.60. The number of carboxylic acids is 1. The number of carbonyl (C=O) groups is 1. The van der Waals surface area contributed by atoms with Crippen LogP contribution in [0, 0.1) is 11.7 Å². The molecule has 1 N–H and O–H groups in total. The van der Waals surface area contributed by atoms with E-state index in [1.165, 1.54) is 23.9 Å². The summed E-state index contributed by atoms with van der Waals surface area (Å²) in [5, 5.41) is 9.49. The maximum Gasteiger partial charge on any atom is 0.313 e. The van der Waals surface area contributed by atoms with Gasteiger partial charge in [0.15, 0.2) is 5.16 Å². The monoisotopic (exact) mass is 294 g/mol. The lowest BCUT2D eigenvalue weighted by atomic mass is 9.81. The molecule has 20 heavy (non-hydrogen) atoms. The van der Waals surface area contributed by atoms with Gasteiger partial charge in [0, 0.05) is 12.1 Å². The van der Waals surface area contributed by atoms with Crippen molar-refractivity contribution < 1.29 is 14.3 Å². The van der Waals surface area contributed by atoms with Crippen LogP contribution >= 0.6 is 11.8 Å². The lowest BCUT2D eigenvalue weighted by molar-refractivity contribution is -0.133. The number of aliphatic carboxylic acids is 1.